The van der Waals surface area contributed by atoms with Gasteiger partial charge in [0.05, 0.1) is 13.7 Å². The van der Waals surface area contributed by atoms with Gasteiger partial charge in [-0.15, -0.1) is 4.98 Å². The van der Waals surface area contributed by atoms with Crippen LogP contribution in [-0.2, 0) is 0 Å². The predicted molar refractivity (Wildman–Crippen MR) is 73.6 cm³/mol. The second kappa shape index (κ2) is 6.55. The lowest BCUT2D eigenvalue weighted by molar-refractivity contribution is 0.336. The fourth-order valence-corrected chi connectivity index (χ4v) is 1.49. The molecule has 0 bridgehead atoms. The van der Waals surface area contributed by atoms with Gasteiger partial charge in [0.15, 0.2) is 0 Å². The average Bonchev–Trinajstić information content (AvgIpc) is 2.47. The molecule has 1 heterocycles. The van der Waals surface area contributed by atoms with Gasteiger partial charge >= 0.3 is 12.0 Å². The highest BCUT2D eigenvalue weighted by atomic mass is 16.5. The summed E-state index contributed by atoms with van der Waals surface area (Å²) in [4.78, 5) is 12.1. The molecule has 0 saturated carbocycles. The minimum atomic E-state index is 0.148. The van der Waals surface area contributed by atoms with Gasteiger partial charge in [0.2, 0.25) is 5.95 Å². The van der Waals surface area contributed by atoms with Crippen LogP contribution >= 0.6 is 0 Å². The summed E-state index contributed by atoms with van der Waals surface area (Å²) >= 11 is 0. The van der Waals surface area contributed by atoms with Gasteiger partial charge in [-0.2, -0.15) is 9.97 Å². The molecule has 2 aromatic rings. The minimum Gasteiger partial charge on any atom is -0.494 e. The Morgan fingerprint density at radius 2 is 1.85 bits per heavy atom. The molecule has 1 aromatic carbocycles. The van der Waals surface area contributed by atoms with E-state index in [0.717, 1.165) is 5.75 Å². The first-order chi connectivity index (χ1) is 9.75. The summed E-state index contributed by atoms with van der Waals surface area (Å²) in [5.74, 6) is 1.67. The van der Waals surface area contributed by atoms with E-state index in [1.54, 1.807) is 19.2 Å². The summed E-state index contributed by atoms with van der Waals surface area (Å²) in [6, 6.07) is 7.56. The van der Waals surface area contributed by atoms with Crippen molar-refractivity contribution in [1.82, 2.24) is 15.0 Å². The maximum atomic E-state index is 5.59. The van der Waals surface area contributed by atoms with E-state index in [4.69, 9.17) is 14.2 Å². The molecule has 0 aliphatic heterocycles. The van der Waals surface area contributed by atoms with Crippen molar-refractivity contribution in [3.63, 3.8) is 0 Å². The van der Waals surface area contributed by atoms with Crippen molar-refractivity contribution >= 4 is 5.95 Å². The highest BCUT2D eigenvalue weighted by Gasteiger charge is 2.08. The summed E-state index contributed by atoms with van der Waals surface area (Å²) < 4.78 is 16.0. The molecule has 7 nitrogen and oxygen atoms in total. The number of anilines is 1. The summed E-state index contributed by atoms with van der Waals surface area (Å²) in [5, 5.41) is 2.81. The third-order valence-electron chi connectivity index (χ3n) is 2.33. The quantitative estimate of drug-likeness (QED) is 0.865. The molecule has 0 saturated heterocycles. The molecule has 0 amide bonds. The number of ether oxygens (including phenoxy) is 3. The van der Waals surface area contributed by atoms with Crippen LogP contribution in [0.4, 0.5) is 5.95 Å². The van der Waals surface area contributed by atoms with Crippen LogP contribution in [0.2, 0.25) is 0 Å². The van der Waals surface area contributed by atoms with Crippen LogP contribution in [0, 0.1) is 0 Å². The van der Waals surface area contributed by atoms with Crippen LogP contribution in [0.25, 0.3) is 0 Å². The Morgan fingerprint density at radius 3 is 2.55 bits per heavy atom. The molecule has 20 heavy (non-hydrogen) atoms. The lowest BCUT2D eigenvalue weighted by Crippen LogP contribution is -2.03. The van der Waals surface area contributed by atoms with Gasteiger partial charge in [-0.25, -0.2) is 0 Å². The number of rotatable bonds is 6. The highest BCUT2D eigenvalue weighted by molar-refractivity contribution is 5.35. The third-order valence-corrected chi connectivity index (χ3v) is 2.33. The predicted octanol–water partition coefficient (Wildman–Crippen LogP) is 2.11. The van der Waals surface area contributed by atoms with Crippen molar-refractivity contribution in [1.29, 1.82) is 0 Å². The fourth-order valence-electron chi connectivity index (χ4n) is 1.49. The zero-order chi connectivity index (χ0) is 14.4. The van der Waals surface area contributed by atoms with Gasteiger partial charge in [0, 0.05) is 13.1 Å². The van der Waals surface area contributed by atoms with E-state index in [0.29, 0.717) is 18.3 Å². The van der Waals surface area contributed by atoms with Gasteiger partial charge < -0.3 is 19.5 Å². The fraction of sp³-hybridized carbons (Fsp3) is 0.308. The molecule has 0 fully saturated rings. The number of hydrogen-bond donors (Lipinski definition) is 1. The molecule has 1 N–H and O–H groups in total. The number of nitrogens with zero attached hydrogens (tertiary/aromatic N) is 3. The molecule has 1 aromatic heterocycles. The molecule has 7 heteroatoms. The third kappa shape index (κ3) is 3.47. The minimum absolute atomic E-state index is 0.148. The smallest absolute Gasteiger partial charge is 0.330 e. The Kier molecular flexibility index (Phi) is 4.54. The highest BCUT2D eigenvalue weighted by Crippen LogP contribution is 2.24. The van der Waals surface area contributed by atoms with Gasteiger partial charge in [-0.1, -0.05) is 6.07 Å². The standard InChI is InChI=1S/C13H16N4O3/c1-4-19-9-6-5-7-10(8-9)20-13-16-11(14-2)15-12(17-13)18-3/h5-8H,4H2,1-3H3,(H,14,15,16,17). The second-order valence-corrected chi connectivity index (χ2v) is 3.69. The zero-order valence-electron chi connectivity index (χ0n) is 11.6. The Balaban J connectivity index is 2.22. The number of methoxy groups -OCH3 is 1. The van der Waals surface area contributed by atoms with Crippen molar-refractivity contribution in [2.75, 3.05) is 26.1 Å². The van der Waals surface area contributed by atoms with Crippen LogP contribution in [0.15, 0.2) is 24.3 Å². The number of hydrogen-bond acceptors (Lipinski definition) is 7. The van der Waals surface area contributed by atoms with E-state index in [2.05, 4.69) is 20.3 Å². The van der Waals surface area contributed by atoms with Crippen LogP contribution in [-0.4, -0.2) is 35.7 Å². The Morgan fingerprint density at radius 1 is 1.10 bits per heavy atom. The Hall–Kier alpha value is -2.57. The largest absolute Gasteiger partial charge is 0.494 e. The van der Waals surface area contributed by atoms with Crippen molar-refractivity contribution < 1.29 is 14.2 Å². The molecule has 0 unspecified atom stereocenters. The van der Waals surface area contributed by atoms with Crippen molar-refractivity contribution in [3.8, 4) is 23.5 Å². The molecular weight excluding hydrogens is 260 g/mol. The first kappa shape index (κ1) is 13.9. The molecule has 106 valence electrons. The second-order valence-electron chi connectivity index (χ2n) is 3.69. The Bertz CT molecular complexity index is 555. The topological polar surface area (TPSA) is 78.4 Å². The summed E-state index contributed by atoms with van der Waals surface area (Å²) in [5.41, 5.74) is 0. The van der Waals surface area contributed by atoms with Crippen LogP contribution < -0.4 is 19.5 Å². The lowest BCUT2D eigenvalue weighted by Gasteiger charge is -2.08. The number of nitrogens with one attached hydrogen (secondary N) is 1. The van der Waals surface area contributed by atoms with E-state index >= 15 is 0 Å². The lowest BCUT2D eigenvalue weighted by atomic mass is 10.3. The summed E-state index contributed by atoms with van der Waals surface area (Å²) in [6.07, 6.45) is 0. The van der Waals surface area contributed by atoms with E-state index in [9.17, 15) is 0 Å². The van der Waals surface area contributed by atoms with Crippen LogP contribution in [0.1, 0.15) is 6.92 Å². The maximum absolute atomic E-state index is 5.59. The van der Waals surface area contributed by atoms with Crippen molar-refractivity contribution in [2.24, 2.45) is 0 Å². The average molecular weight is 276 g/mol. The summed E-state index contributed by atoms with van der Waals surface area (Å²) in [6.45, 7) is 2.51. The van der Waals surface area contributed by atoms with E-state index < -0.39 is 0 Å². The SMILES string of the molecule is CCOc1cccc(Oc2nc(NC)nc(OC)n2)c1. The Labute approximate surface area is 116 Å². The molecule has 0 atom stereocenters. The first-order valence-electron chi connectivity index (χ1n) is 6.13. The van der Waals surface area contributed by atoms with Gasteiger partial charge in [-0.05, 0) is 19.1 Å². The molecule has 2 rings (SSSR count). The maximum Gasteiger partial charge on any atom is 0.330 e. The van der Waals surface area contributed by atoms with Gasteiger partial charge in [0.25, 0.3) is 0 Å². The number of aromatic nitrogens is 3. The van der Waals surface area contributed by atoms with E-state index in [1.165, 1.54) is 7.11 Å². The zero-order valence-corrected chi connectivity index (χ0v) is 11.6. The van der Waals surface area contributed by atoms with E-state index in [1.807, 2.05) is 19.1 Å². The van der Waals surface area contributed by atoms with Crippen molar-refractivity contribution in [2.45, 2.75) is 6.92 Å². The van der Waals surface area contributed by atoms with Crippen LogP contribution in [0.3, 0.4) is 0 Å². The molecular formula is C13H16N4O3. The van der Waals surface area contributed by atoms with Gasteiger partial charge in [-0.3, -0.25) is 0 Å². The van der Waals surface area contributed by atoms with E-state index in [-0.39, 0.29) is 12.0 Å². The summed E-state index contributed by atoms with van der Waals surface area (Å²) in [7, 11) is 3.18. The normalized spacial score (nSPS) is 9.95. The number of benzene rings is 1. The van der Waals surface area contributed by atoms with Crippen molar-refractivity contribution in [3.05, 3.63) is 24.3 Å². The van der Waals surface area contributed by atoms with Crippen LogP contribution in [0.5, 0.6) is 23.5 Å². The monoisotopic (exact) mass is 276 g/mol. The molecule has 0 aliphatic carbocycles. The first-order valence-corrected chi connectivity index (χ1v) is 6.13. The molecule has 0 aliphatic rings. The molecule has 0 radical (unpaired) electrons. The molecule has 0 spiro atoms. The van der Waals surface area contributed by atoms with Gasteiger partial charge in [0.1, 0.15) is 11.5 Å².